The summed E-state index contributed by atoms with van der Waals surface area (Å²) in [5.41, 5.74) is 9.53. The molecule has 1 atom stereocenters. The van der Waals surface area contributed by atoms with Crippen LogP contribution in [0.25, 0.3) is 21.5 Å². The molecule has 5 aromatic rings. The Bertz CT molecular complexity index is 1740. The van der Waals surface area contributed by atoms with Crippen LogP contribution in [0.4, 0.5) is 0 Å². The third-order valence-electron chi connectivity index (χ3n) is 6.97. The Kier molecular flexibility index (Phi) is 6.07. The number of allylic oxidation sites excluding steroid dienone is 1. The van der Waals surface area contributed by atoms with Crippen molar-refractivity contribution in [3.63, 3.8) is 0 Å². The summed E-state index contributed by atoms with van der Waals surface area (Å²) in [6.07, 6.45) is 0. The molecule has 1 unspecified atom stereocenters. The van der Waals surface area contributed by atoms with Gasteiger partial charge in [-0.3, -0.25) is 0 Å². The van der Waals surface area contributed by atoms with Crippen LogP contribution in [0.1, 0.15) is 29.5 Å². The topological polar surface area (TPSA) is 77.5 Å². The summed E-state index contributed by atoms with van der Waals surface area (Å²) in [6, 6.07) is 34.6. The standard InChI is InChI=1S/C33H26N2O3/c1-2-36-30-18-23(15-17-29(30)37-20-24-11-7-10-21-8-3-5-12-25(21)24)31-27-16-14-22-9-4-6-13-26(22)32(27)38-33(35)28(31)19-34/h3-18,31H,2,20,35H2,1H3. The molecule has 186 valence electrons. The molecule has 6 rings (SSSR count). The van der Waals surface area contributed by atoms with Crippen molar-refractivity contribution < 1.29 is 14.2 Å². The van der Waals surface area contributed by atoms with E-state index < -0.39 is 0 Å². The molecule has 1 heterocycles. The lowest BCUT2D eigenvalue weighted by atomic mass is 9.82. The predicted molar refractivity (Wildman–Crippen MR) is 149 cm³/mol. The van der Waals surface area contributed by atoms with Crippen LogP contribution in [0, 0.1) is 11.3 Å². The lowest BCUT2D eigenvalue weighted by molar-refractivity contribution is 0.270. The van der Waals surface area contributed by atoms with Crippen LogP contribution in [-0.2, 0) is 6.61 Å². The number of nitrogens with zero attached hydrogens (tertiary/aromatic N) is 1. The third kappa shape index (κ3) is 4.07. The van der Waals surface area contributed by atoms with Crippen molar-refractivity contribution in [2.75, 3.05) is 6.61 Å². The number of ether oxygens (including phenoxy) is 3. The largest absolute Gasteiger partial charge is 0.490 e. The van der Waals surface area contributed by atoms with Gasteiger partial charge in [0.15, 0.2) is 11.5 Å². The van der Waals surface area contributed by atoms with Gasteiger partial charge in [-0.05, 0) is 46.3 Å². The molecule has 0 spiro atoms. The highest BCUT2D eigenvalue weighted by atomic mass is 16.5. The van der Waals surface area contributed by atoms with Gasteiger partial charge in [0.25, 0.3) is 0 Å². The van der Waals surface area contributed by atoms with Crippen LogP contribution >= 0.6 is 0 Å². The van der Waals surface area contributed by atoms with E-state index in [2.05, 4.69) is 30.3 Å². The zero-order chi connectivity index (χ0) is 26.1. The molecular weight excluding hydrogens is 472 g/mol. The van der Waals surface area contributed by atoms with Crippen molar-refractivity contribution in [3.8, 4) is 23.3 Å². The molecule has 0 fully saturated rings. The molecule has 0 radical (unpaired) electrons. The van der Waals surface area contributed by atoms with E-state index in [4.69, 9.17) is 19.9 Å². The molecular formula is C33H26N2O3. The van der Waals surface area contributed by atoms with Gasteiger partial charge in [-0.1, -0.05) is 84.9 Å². The van der Waals surface area contributed by atoms with Crippen LogP contribution in [0.2, 0.25) is 0 Å². The van der Waals surface area contributed by atoms with Crippen molar-refractivity contribution in [1.29, 1.82) is 5.26 Å². The van der Waals surface area contributed by atoms with E-state index in [0.29, 0.717) is 36.0 Å². The SMILES string of the molecule is CCOc1cc(C2C(C#N)=C(N)Oc3c2ccc2ccccc32)ccc1OCc1cccc2ccccc12. The van der Waals surface area contributed by atoms with Gasteiger partial charge in [-0.15, -0.1) is 0 Å². The quantitative estimate of drug-likeness (QED) is 0.268. The fourth-order valence-electron chi connectivity index (χ4n) is 5.20. The van der Waals surface area contributed by atoms with Crippen LogP contribution in [-0.4, -0.2) is 6.61 Å². The fourth-order valence-corrected chi connectivity index (χ4v) is 5.20. The summed E-state index contributed by atoms with van der Waals surface area (Å²) < 4.78 is 18.3. The Balaban J connectivity index is 1.39. The number of fused-ring (bicyclic) bond motifs is 4. The molecule has 0 aromatic heterocycles. The van der Waals surface area contributed by atoms with E-state index in [1.807, 2.05) is 79.7 Å². The zero-order valence-corrected chi connectivity index (χ0v) is 21.0. The summed E-state index contributed by atoms with van der Waals surface area (Å²) in [6.45, 7) is 2.82. The summed E-state index contributed by atoms with van der Waals surface area (Å²) >= 11 is 0. The Labute approximate surface area is 221 Å². The number of nitrogens with two attached hydrogens (primary N) is 1. The molecule has 0 aliphatic carbocycles. The second kappa shape index (κ2) is 9.84. The zero-order valence-electron chi connectivity index (χ0n) is 21.0. The van der Waals surface area contributed by atoms with E-state index in [9.17, 15) is 5.26 Å². The van der Waals surface area contributed by atoms with Gasteiger partial charge in [0.2, 0.25) is 5.88 Å². The minimum atomic E-state index is -0.389. The van der Waals surface area contributed by atoms with E-state index in [1.54, 1.807) is 0 Å². The molecule has 0 amide bonds. The normalized spacial score (nSPS) is 14.6. The predicted octanol–water partition coefficient (Wildman–Crippen LogP) is 7.19. The van der Waals surface area contributed by atoms with Gasteiger partial charge in [0, 0.05) is 10.9 Å². The van der Waals surface area contributed by atoms with E-state index in [1.165, 1.54) is 5.39 Å². The highest BCUT2D eigenvalue weighted by Crippen LogP contribution is 2.46. The Hall–Kier alpha value is -4.95. The molecule has 1 aliphatic rings. The smallest absolute Gasteiger partial charge is 0.205 e. The van der Waals surface area contributed by atoms with Gasteiger partial charge in [0.05, 0.1) is 12.5 Å². The highest BCUT2D eigenvalue weighted by Gasteiger charge is 2.32. The minimum absolute atomic E-state index is 0.121. The first-order chi connectivity index (χ1) is 18.7. The Morgan fingerprint density at radius 3 is 2.34 bits per heavy atom. The van der Waals surface area contributed by atoms with Crippen molar-refractivity contribution in [1.82, 2.24) is 0 Å². The Morgan fingerprint density at radius 1 is 0.816 bits per heavy atom. The molecule has 5 heteroatoms. The second-order valence-electron chi connectivity index (χ2n) is 9.20. The van der Waals surface area contributed by atoms with E-state index in [-0.39, 0.29) is 11.8 Å². The number of benzene rings is 5. The summed E-state index contributed by atoms with van der Waals surface area (Å²) in [5, 5.41) is 14.4. The summed E-state index contributed by atoms with van der Waals surface area (Å²) in [7, 11) is 0. The molecule has 0 saturated carbocycles. The van der Waals surface area contributed by atoms with Gasteiger partial charge in [-0.2, -0.15) is 5.26 Å². The van der Waals surface area contributed by atoms with Crippen LogP contribution in [0.15, 0.2) is 109 Å². The first kappa shape index (κ1) is 23.4. The van der Waals surface area contributed by atoms with Crippen molar-refractivity contribution in [2.45, 2.75) is 19.4 Å². The third-order valence-corrected chi connectivity index (χ3v) is 6.97. The van der Waals surface area contributed by atoms with Gasteiger partial charge in [0.1, 0.15) is 24.0 Å². The number of hydrogen-bond donors (Lipinski definition) is 1. The minimum Gasteiger partial charge on any atom is -0.490 e. The maximum Gasteiger partial charge on any atom is 0.205 e. The lowest BCUT2D eigenvalue weighted by Crippen LogP contribution is -2.21. The molecule has 2 N–H and O–H groups in total. The van der Waals surface area contributed by atoms with Crippen LogP contribution < -0.4 is 19.9 Å². The van der Waals surface area contributed by atoms with Crippen molar-refractivity contribution in [3.05, 3.63) is 125 Å². The van der Waals surface area contributed by atoms with Crippen molar-refractivity contribution >= 4 is 21.5 Å². The monoisotopic (exact) mass is 498 g/mol. The first-order valence-electron chi connectivity index (χ1n) is 12.6. The highest BCUT2D eigenvalue weighted by molar-refractivity contribution is 5.91. The lowest BCUT2D eigenvalue weighted by Gasteiger charge is -2.28. The second-order valence-corrected chi connectivity index (χ2v) is 9.20. The van der Waals surface area contributed by atoms with Gasteiger partial charge < -0.3 is 19.9 Å². The first-order valence-corrected chi connectivity index (χ1v) is 12.6. The Morgan fingerprint density at radius 2 is 1.55 bits per heavy atom. The average molecular weight is 499 g/mol. The number of hydrogen-bond acceptors (Lipinski definition) is 5. The van der Waals surface area contributed by atoms with E-state index in [0.717, 1.165) is 32.8 Å². The average Bonchev–Trinajstić information content (AvgIpc) is 2.96. The van der Waals surface area contributed by atoms with Gasteiger partial charge >= 0.3 is 0 Å². The molecule has 38 heavy (non-hydrogen) atoms. The molecule has 0 bridgehead atoms. The number of nitriles is 1. The molecule has 1 aliphatic heterocycles. The van der Waals surface area contributed by atoms with Crippen LogP contribution in [0.5, 0.6) is 17.2 Å². The van der Waals surface area contributed by atoms with Crippen molar-refractivity contribution in [2.24, 2.45) is 5.73 Å². The van der Waals surface area contributed by atoms with Gasteiger partial charge in [-0.25, -0.2) is 0 Å². The maximum absolute atomic E-state index is 10.0. The summed E-state index contributed by atoms with van der Waals surface area (Å²) in [5.74, 6) is 1.67. The fraction of sp³-hybridized carbons (Fsp3) is 0.121. The molecule has 5 nitrogen and oxygen atoms in total. The molecule has 5 aromatic carbocycles. The summed E-state index contributed by atoms with van der Waals surface area (Å²) in [4.78, 5) is 0. The number of rotatable bonds is 6. The maximum atomic E-state index is 10.0. The van der Waals surface area contributed by atoms with E-state index >= 15 is 0 Å². The molecule has 0 saturated heterocycles. The van der Waals surface area contributed by atoms with Crippen LogP contribution in [0.3, 0.4) is 0 Å².